The van der Waals surface area contributed by atoms with Crippen molar-refractivity contribution in [3.8, 4) is 16.9 Å². The Morgan fingerprint density at radius 2 is 1.80 bits per heavy atom. The van der Waals surface area contributed by atoms with Gasteiger partial charge in [0.2, 0.25) is 11.9 Å². The minimum atomic E-state index is -0.0966. The number of anilines is 1. The summed E-state index contributed by atoms with van der Waals surface area (Å²) in [5.41, 5.74) is 3.75. The molecule has 0 radical (unpaired) electrons. The molecule has 178 valence electrons. The number of hydrogen-bond donors (Lipinski definition) is 0. The van der Waals surface area contributed by atoms with Crippen molar-refractivity contribution in [2.75, 3.05) is 25.0 Å². The van der Waals surface area contributed by atoms with Crippen molar-refractivity contribution in [1.29, 1.82) is 0 Å². The Hall–Kier alpha value is -3.71. The van der Waals surface area contributed by atoms with Gasteiger partial charge in [-0.05, 0) is 43.2 Å². The summed E-state index contributed by atoms with van der Waals surface area (Å²) in [7, 11) is 1.87. The number of benzene rings is 2. The smallest absolute Gasteiger partial charge is 0.227 e. The molecule has 1 saturated heterocycles. The molecule has 0 spiro atoms. The lowest BCUT2D eigenvalue weighted by atomic mass is 9.96. The lowest BCUT2D eigenvalue weighted by Crippen LogP contribution is -2.44. The molecule has 1 amide bonds. The number of amides is 1. The van der Waals surface area contributed by atoms with Gasteiger partial charge in [-0.1, -0.05) is 41.9 Å². The number of rotatable bonds is 6. The predicted octanol–water partition coefficient (Wildman–Crippen LogP) is 4.86. The highest BCUT2D eigenvalue weighted by molar-refractivity contribution is 6.30. The summed E-state index contributed by atoms with van der Waals surface area (Å²) in [5.74, 6) is 0.711. The van der Waals surface area contributed by atoms with E-state index >= 15 is 0 Å². The van der Waals surface area contributed by atoms with Gasteiger partial charge in [0.15, 0.2) is 0 Å². The van der Waals surface area contributed by atoms with Crippen LogP contribution >= 0.6 is 11.6 Å². The van der Waals surface area contributed by atoms with Gasteiger partial charge < -0.3 is 9.80 Å². The third-order valence-corrected chi connectivity index (χ3v) is 6.57. The van der Waals surface area contributed by atoms with E-state index in [2.05, 4.69) is 14.9 Å². The van der Waals surface area contributed by atoms with Crippen LogP contribution in [0.3, 0.4) is 0 Å². The maximum absolute atomic E-state index is 13.5. The number of nitrogens with zero attached hydrogens (tertiary/aromatic N) is 6. The predicted molar refractivity (Wildman–Crippen MR) is 137 cm³/mol. The SMILES string of the molecule is CN(Cc1cn(-c2ccccc2)nc1-c1ccc(Cl)cc1)C(=O)C1CCCN(c2ncccn2)C1. The molecule has 1 fully saturated rings. The third-order valence-electron chi connectivity index (χ3n) is 6.32. The van der Waals surface area contributed by atoms with Gasteiger partial charge in [-0.2, -0.15) is 5.10 Å². The lowest BCUT2D eigenvalue weighted by Gasteiger charge is -2.33. The largest absolute Gasteiger partial charge is 0.341 e. The van der Waals surface area contributed by atoms with Crippen molar-refractivity contribution in [2.24, 2.45) is 5.92 Å². The zero-order chi connectivity index (χ0) is 24.2. The van der Waals surface area contributed by atoms with E-state index in [4.69, 9.17) is 16.7 Å². The van der Waals surface area contributed by atoms with Crippen LogP contribution in [-0.4, -0.2) is 50.7 Å². The minimum Gasteiger partial charge on any atom is -0.341 e. The van der Waals surface area contributed by atoms with E-state index in [0.717, 1.165) is 41.9 Å². The molecule has 3 heterocycles. The van der Waals surface area contributed by atoms with Gasteiger partial charge in [-0.3, -0.25) is 4.79 Å². The Labute approximate surface area is 210 Å². The molecule has 0 bridgehead atoms. The molecular formula is C27H27ClN6O. The van der Waals surface area contributed by atoms with Crippen LogP contribution in [0.1, 0.15) is 18.4 Å². The average Bonchev–Trinajstić information content (AvgIpc) is 3.33. The molecular weight excluding hydrogens is 460 g/mol. The van der Waals surface area contributed by atoms with Crippen LogP contribution < -0.4 is 4.90 Å². The Morgan fingerprint density at radius 1 is 1.06 bits per heavy atom. The summed E-state index contributed by atoms with van der Waals surface area (Å²) in [6, 6.07) is 19.4. The van der Waals surface area contributed by atoms with Gasteiger partial charge >= 0.3 is 0 Å². The van der Waals surface area contributed by atoms with Gasteiger partial charge in [0.25, 0.3) is 0 Å². The van der Waals surface area contributed by atoms with Crippen LogP contribution in [0.5, 0.6) is 0 Å². The number of para-hydroxylation sites is 1. The van der Waals surface area contributed by atoms with E-state index in [-0.39, 0.29) is 11.8 Å². The zero-order valence-corrected chi connectivity index (χ0v) is 20.3. The summed E-state index contributed by atoms with van der Waals surface area (Å²) in [6.07, 6.45) is 7.28. The molecule has 2 aromatic heterocycles. The van der Waals surface area contributed by atoms with Crippen LogP contribution in [0, 0.1) is 5.92 Å². The molecule has 0 saturated carbocycles. The van der Waals surface area contributed by atoms with Crippen LogP contribution in [0.4, 0.5) is 5.95 Å². The summed E-state index contributed by atoms with van der Waals surface area (Å²) in [4.78, 5) is 26.1. The van der Waals surface area contributed by atoms with E-state index < -0.39 is 0 Å². The minimum absolute atomic E-state index is 0.0966. The first kappa shape index (κ1) is 23.1. The van der Waals surface area contributed by atoms with Gasteiger partial charge in [-0.15, -0.1) is 0 Å². The third kappa shape index (κ3) is 5.20. The van der Waals surface area contributed by atoms with Gasteiger partial charge in [-0.25, -0.2) is 14.6 Å². The van der Waals surface area contributed by atoms with Gasteiger partial charge in [0, 0.05) is 61.4 Å². The first-order valence-electron chi connectivity index (χ1n) is 11.8. The molecule has 1 atom stereocenters. The zero-order valence-electron chi connectivity index (χ0n) is 19.6. The maximum Gasteiger partial charge on any atom is 0.227 e. The Balaban J connectivity index is 1.38. The van der Waals surface area contributed by atoms with E-state index in [0.29, 0.717) is 24.1 Å². The molecule has 35 heavy (non-hydrogen) atoms. The normalized spacial score (nSPS) is 15.7. The van der Waals surface area contributed by atoms with E-state index in [1.54, 1.807) is 18.5 Å². The van der Waals surface area contributed by atoms with Gasteiger partial charge in [0.05, 0.1) is 17.3 Å². The topological polar surface area (TPSA) is 67.2 Å². The molecule has 1 aliphatic heterocycles. The molecule has 1 unspecified atom stereocenters. The van der Waals surface area contributed by atoms with Crippen molar-refractivity contribution < 1.29 is 4.79 Å². The van der Waals surface area contributed by atoms with Crippen LogP contribution in [0.15, 0.2) is 79.3 Å². The second-order valence-corrected chi connectivity index (χ2v) is 9.25. The van der Waals surface area contributed by atoms with E-state index in [1.807, 2.05) is 77.4 Å². The molecule has 1 aliphatic rings. The number of carbonyl (C=O) groups is 1. The summed E-state index contributed by atoms with van der Waals surface area (Å²) >= 11 is 6.12. The molecule has 2 aromatic carbocycles. The lowest BCUT2D eigenvalue weighted by molar-refractivity contribution is -0.135. The summed E-state index contributed by atoms with van der Waals surface area (Å²) < 4.78 is 1.87. The van der Waals surface area contributed by atoms with Crippen molar-refractivity contribution in [3.05, 3.63) is 89.8 Å². The Morgan fingerprint density at radius 3 is 2.54 bits per heavy atom. The standard InChI is InChI=1S/C27H27ClN6O/c1-32(26(35)21-7-5-16-33(18-21)27-29-14-6-15-30-27)17-22-19-34(24-8-3-2-4-9-24)31-25(22)20-10-12-23(28)13-11-20/h2-4,6,8-15,19,21H,5,7,16-18H2,1H3. The quantitative estimate of drug-likeness (QED) is 0.389. The highest BCUT2D eigenvalue weighted by Gasteiger charge is 2.29. The number of piperidine rings is 1. The molecule has 0 aliphatic carbocycles. The molecule has 8 heteroatoms. The number of halogens is 1. The number of hydrogen-bond acceptors (Lipinski definition) is 5. The van der Waals surface area contributed by atoms with Crippen molar-refractivity contribution in [1.82, 2.24) is 24.6 Å². The fraction of sp³-hybridized carbons (Fsp3) is 0.259. The summed E-state index contributed by atoms with van der Waals surface area (Å²) in [5, 5.41) is 5.54. The fourth-order valence-electron chi connectivity index (χ4n) is 4.55. The summed E-state index contributed by atoms with van der Waals surface area (Å²) in [6.45, 7) is 1.95. The number of aromatic nitrogens is 4. The average molecular weight is 487 g/mol. The van der Waals surface area contributed by atoms with Crippen molar-refractivity contribution in [2.45, 2.75) is 19.4 Å². The maximum atomic E-state index is 13.5. The van der Waals surface area contributed by atoms with Gasteiger partial charge in [0.1, 0.15) is 0 Å². The van der Waals surface area contributed by atoms with Crippen LogP contribution in [0.2, 0.25) is 5.02 Å². The second kappa shape index (κ2) is 10.3. The highest BCUT2D eigenvalue weighted by atomic mass is 35.5. The molecule has 0 N–H and O–H groups in total. The molecule has 7 nitrogen and oxygen atoms in total. The molecule has 4 aromatic rings. The fourth-order valence-corrected chi connectivity index (χ4v) is 4.68. The van der Waals surface area contributed by atoms with E-state index in [1.165, 1.54) is 0 Å². The first-order chi connectivity index (χ1) is 17.1. The molecule has 5 rings (SSSR count). The van der Waals surface area contributed by atoms with Crippen LogP contribution in [0.25, 0.3) is 16.9 Å². The Bertz CT molecular complexity index is 1280. The van der Waals surface area contributed by atoms with E-state index in [9.17, 15) is 4.79 Å². The van der Waals surface area contributed by atoms with Crippen LogP contribution in [-0.2, 0) is 11.3 Å². The van der Waals surface area contributed by atoms with Crippen molar-refractivity contribution in [3.63, 3.8) is 0 Å². The Kier molecular flexibility index (Phi) is 6.77. The first-order valence-corrected chi connectivity index (χ1v) is 12.1. The van der Waals surface area contributed by atoms with Crippen molar-refractivity contribution >= 4 is 23.5 Å². The number of carbonyl (C=O) groups excluding carboxylic acids is 1. The second-order valence-electron chi connectivity index (χ2n) is 8.82. The highest BCUT2D eigenvalue weighted by Crippen LogP contribution is 2.27. The monoisotopic (exact) mass is 486 g/mol.